The Labute approximate surface area is 179 Å². The number of nitrogens with one attached hydrogen (secondary N) is 1. The normalized spacial score (nSPS) is 16.4. The van der Waals surface area contributed by atoms with Crippen LogP contribution in [0.3, 0.4) is 0 Å². The summed E-state index contributed by atoms with van der Waals surface area (Å²) in [6.45, 7) is 2.13. The first kappa shape index (κ1) is 19.6. The molecule has 0 spiro atoms. The van der Waals surface area contributed by atoms with Gasteiger partial charge in [0.1, 0.15) is 5.82 Å². The molecule has 1 aliphatic heterocycles. The second-order valence-corrected chi connectivity index (χ2v) is 8.15. The van der Waals surface area contributed by atoms with E-state index in [0.29, 0.717) is 18.9 Å². The summed E-state index contributed by atoms with van der Waals surface area (Å²) < 4.78 is 1.04. The van der Waals surface area contributed by atoms with Crippen molar-refractivity contribution >= 4 is 27.7 Å². The van der Waals surface area contributed by atoms with Gasteiger partial charge >= 0.3 is 0 Å². The van der Waals surface area contributed by atoms with Gasteiger partial charge in [-0.3, -0.25) is 4.79 Å². The average molecular weight is 451 g/mol. The number of amides is 1. The lowest BCUT2D eigenvalue weighted by molar-refractivity contribution is -0.125. The maximum absolute atomic E-state index is 12.7. The van der Waals surface area contributed by atoms with Crippen LogP contribution in [0.25, 0.3) is 11.4 Å². The van der Waals surface area contributed by atoms with Crippen LogP contribution in [0, 0.1) is 5.92 Å². The van der Waals surface area contributed by atoms with Crippen LogP contribution in [0.15, 0.2) is 71.3 Å². The third-order valence-electron chi connectivity index (χ3n) is 5.17. The molecule has 0 bridgehead atoms. The van der Waals surface area contributed by atoms with Gasteiger partial charge in [0.25, 0.3) is 0 Å². The molecule has 0 unspecified atom stereocenters. The fourth-order valence-electron chi connectivity index (χ4n) is 3.59. The maximum Gasteiger partial charge on any atom is 0.225 e. The highest BCUT2D eigenvalue weighted by Crippen LogP contribution is 2.24. The molecule has 5 nitrogen and oxygen atoms in total. The molecule has 2 heterocycles. The van der Waals surface area contributed by atoms with Crippen LogP contribution in [0.5, 0.6) is 0 Å². The second kappa shape index (κ2) is 9.18. The molecule has 2 aromatic carbocycles. The van der Waals surface area contributed by atoms with E-state index in [1.807, 2.05) is 60.7 Å². The number of halogens is 1. The molecule has 1 atom stereocenters. The molecule has 29 heavy (non-hydrogen) atoms. The quantitative estimate of drug-likeness (QED) is 0.623. The van der Waals surface area contributed by atoms with Crippen molar-refractivity contribution in [1.29, 1.82) is 0 Å². The Hall–Kier alpha value is -2.73. The molecule has 1 N–H and O–H groups in total. The summed E-state index contributed by atoms with van der Waals surface area (Å²) in [6.07, 6.45) is 3.67. The van der Waals surface area contributed by atoms with Gasteiger partial charge in [-0.25, -0.2) is 9.97 Å². The summed E-state index contributed by atoms with van der Waals surface area (Å²) in [4.78, 5) is 24.1. The molecular weight excluding hydrogens is 428 g/mol. The number of rotatable bonds is 5. The molecule has 0 radical (unpaired) electrons. The van der Waals surface area contributed by atoms with Crippen LogP contribution in [0.2, 0.25) is 0 Å². The highest BCUT2D eigenvalue weighted by atomic mass is 79.9. The Morgan fingerprint density at radius 2 is 1.90 bits per heavy atom. The number of carbonyl (C=O) groups is 1. The number of hydrogen-bond acceptors (Lipinski definition) is 4. The topological polar surface area (TPSA) is 58.1 Å². The van der Waals surface area contributed by atoms with Crippen LogP contribution in [0.4, 0.5) is 5.82 Å². The van der Waals surface area contributed by atoms with E-state index in [2.05, 4.69) is 31.1 Å². The summed E-state index contributed by atoms with van der Waals surface area (Å²) in [5.41, 5.74) is 2.09. The van der Waals surface area contributed by atoms with Gasteiger partial charge in [0.15, 0.2) is 5.82 Å². The van der Waals surface area contributed by atoms with Crippen LogP contribution in [-0.2, 0) is 11.3 Å². The Morgan fingerprint density at radius 1 is 1.10 bits per heavy atom. The Balaban J connectivity index is 1.40. The second-order valence-electron chi connectivity index (χ2n) is 7.23. The van der Waals surface area contributed by atoms with Gasteiger partial charge in [-0.1, -0.05) is 58.4 Å². The maximum atomic E-state index is 12.7. The molecule has 1 fully saturated rings. The number of nitrogens with zero attached hydrogens (tertiary/aromatic N) is 3. The Morgan fingerprint density at radius 3 is 2.69 bits per heavy atom. The zero-order chi connectivity index (χ0) is 20.1. The summed E-state index contributed by atoms with van der Waals surface area (Å²) in [5, 5.41) is 3.08. The van der Waals surface area contributed by atoms with Gasteiger partial charge in [-0.2, -0.15) is 0 Å². The van der Waals surface area contributed by atoms with Crippen LogP contribution >= 0.6 is 15.9 Å². The van der Waals surface area contributed by atoms with Crippen molar-refractivity contribution < 1.29 is 4.79 Å². The lowest BCUT2D eigenvalue weighted by Gasteiger charge is -2.33. The molecule has 4 rings (SSSR count). The van der Waals surface area contributed by atoms with Crippen molar-refractivity contribution in [2.75, 3.05) is 18.0 Å². The largest absolute Gasteiger partial charge is 0.356 e. The first-order valence-corrected chi connectivity index (χ1v) is 10.6. The summed E-state index contributed by atoms with van der Waals surface area (Å²) >= 11 is 3.43. The first-order valence-electron chi connectivity index (χ1n) is 9.84. The van der Waals surface area contributed by atoms with Crippen molar-refractivity contribution in [1.82, 2.24) is 15.3 Å². The predicted octanol–water partition coefficient (Wildman–Crippen LogP) is 4.44. The van der Waals surface area contributed by atoms with E-state index in [-0.39, 0.29) is 11.8 Å². The molecule has 0 aliphatic carbocycles. The Bertz CT molecular complexity index is 962. The van der Waals surface area contributed by atoms with E-state index in [4.69, 9.17) is 4.98 Å². The number of anilines is 1. The highest BCUT2D eigenvalue weighted by molar-refractivity contribution is 9.10. The van der Waals surface area contributed by atoms with Crippen molar-refractivity contribution in [2.45, 2.75) is 19.4 Å². The van der Waals surface area contributed by atoms with Gasteiger partial charge < -0.3 is 10.2 Å². The molecule has 1 aliphatic rings. The molecule has 1 aromatic heterocycles. The standard InChI is InChI=1S/C23H23BrN4O/c24-20-10-8-17(9-11-20)15-26-23(29)19-7-4-14-28(16-19)21-12-13-25-22(27-21)18-5-2-1-3-6-18/h1-3,5-6,8-13,19H,4,7,14-16H2,(H,26,29)/t19-/m1/s1. The Kier molecular flexibility index (Phi) is 6.20. The van der Waals surface area contributed by atoms with E-state index >= 15 is 0 Å². The summed E-state index contributed by atoms with van der Waals surface area (Å²) in [6, 6.07) is 19.9. The minimum absolute atomic E-state index is 0.0330. The predicted molar refractivity (Wildman–Crippen MR) is 118 cm³/mol. The van der Waals surface area contributed by atoms with Gasteiger partial charge in [0, 0.05) is 35.9 Å². The monoisotopic (exact) mass is 450 g/mol. The van der Waals surface area contributed by atoms with Crippen LogP contribution in [-0.4, -0.2) is 29.0 Å². The average Bonchev–Trinajstić information content (AvgIpc) is 2.79. The lowest BCUT2D eigenvalue weighted by atomic mass is 9.97. The fourth-order valence-corrected chi connectivity index (χ4v) is 3.85. The number of aromatic nitrogens is 2. The third-order valence-corrected chi connectivity index (χ3v) is 5.70. The van der Waals surface area contributed by atoms with E-state index in [9.17, 15) is 4.79 Å². The SMILES string of the molecule is O=C(NCc1ccc(Br)cc1)[C@@H]1CCCN(c2ccnc(-c3ccccc3)n2)C1. The van der Waals surface area contributed by atoms with Crippen molar-refractivity contribution in [3.8, 4) is 11.4 Å². The minimum atomic E-state index is -0.0330. The molecule has 0 saturated carbocycles. The zero-order valence-electron chi connectivity index (χ0n) is 16.1. The van der Waals surface area contributed by atoms with Gasteiger partial charge in [0.2, 0.25) is 5.91 Å². The number of carbonyl (C=O) groups excluding carboxylic acids is 1. The van der Waals surface area contributed by atoms with E-state index in [0.717, 1.165) is 40.8 Å². The smallest absolute Gasteiger partial charge is 0.225 e. The number of benzene rings is 2. The van der Waals surface area contributed by atoms with Crippen molar-refractivity contribution in [2.24, 2.45) is 5.92 Å². The number of piperidine rings is 1. The highest BCUT2D eigenvalue weighted by Gasteiger charge is 2.26. The van der Waals surface area contributed by atoms with Crippen LogP contribution in [0.1, 0.15) is 18.4 Å². The van der Waals surface area contributed by atoms with E-state index < -0.39 is 0 Å². The summed E-state index contributed by atoms with van der Waals surface area (Å²) in [7, 11) is 0. The summed E-state index contributed by atoms with van der Waals surface area (Å²) in [5.74, 6) is 1.67. The molecule has 1 amide bonds. The molecule has 148 valence electrons. The molecule has 1 saturated heterocycles. The van der Waals surface area contributed by atoms with E-state index in [1.54, 1.807) is 6.20 Å². The fraction of sp³-hybridized carbons (Fsp3) is 0.261. The first-order chi connectivity index (χ1) is 14.2. The minimum Gasteiger partial charge on any atom is -0.356 e. The van der Waals surface area contributed by atoms with Crippen molar-refractivity contribution in [3.05, 3.63) is 76.9 Å². The zero-order valence-corrected chi connectivity index (χ0v) is 17.7. The van der Waals surface area contributed by atoms with Crippen LogP contribution < -0.4 is 10.2 Å². The molecular formula is C23H23BrN4O. The van der Waals surface area contributed by atoms with Gasteiger partial charge in [0.05, 0.1) is 5.92 Å². The third kappa shape index (κ3) is 5.01. The molecule has 6 heteroatoms. The van der Waals surface area contributed by atoms with Crippen molar-refractivity contribution in [3.63, 3.8) is 0 Å². The lowest BCUT2D eigenvalue weighted by Crippen LogP contribution is -2.43. The molecule has 3 aromatic rings. The van der Waals surface area contributed by atoms with Gasteiger partial charge in [-0.15, -0.1) is 0 Å². The van der Waals surface area contributed by atoms with E-state index in [1.165, 1.54) is 0 Å². The number of hydrogen-bond donors (Lipinski definition) is 1. The van der Waals surface area contributed by atoms with Gasteiger partial charge in [-0.05, 0) is 36.6 Å².